The van der Waals surface area contributed by atoms with Crippen LogP contribution in [0, 0.1) is 5.82 Å². The molecule has 2 heterocycles. The Morgan fingerprint density at radius 3 is 2.57 bits per heavy atom. The molecule has 0 saturated heterocycles. The highest BCUT2D eigenvalue weighted by Crippen LogP contribution is 2.33. The van der Waals surface area contributed by atoms with Crippen LogP contribution in [0.25, 0.3) is 22.0 Å². The number of hydrogen-bond donors (Lipinski definition) is 3. The van der Waals surface area contributed by atoms with Crippen LogP contribution in [0.4, 0.5) is 20.7 Å². The van der Waals surface area contributed by atoms with E-state index in [9.17, 15) is 9.18 Å². The van der Waals surface area contributed by atoms with Crippen LogP contribution in [0.3, 0.4) is 0 Å². The number of benzene rings is 3. The molecule has 0 unspecified atom stereocenters. The number of fused-ring (bicyclic) bond motifs is 1. The number of aliphatic imine (C=N–C) groups is 1. The number of carbonyl (C=O) groups excluding carboxylic acids is 1. The van der Waals surface area contributed by atoms with Gasteiger partial charge in [0.15, 0.2) is 0 Å². The van der Waals surface area contributed by atoms with Crippen LogP contribution in [-0.4, -0.2) is 33.6 Å². The van der Waals surface area contributed by atoms with E-state index in [1.165, 1.54) is 16.8 Å². The highest BCUT2D eigenvalue weighted by atomic mass is 19.1. The van der Waals surface area contributed by atoms with Gasteiger partial charge in [-0.1, -0.05) is 58.0 Å². The maximum absolute atomic E-state index is 14.1. The van der Waals surface area contributed by atoms with Gasteiger partial charge in [-0.2, -0.15) is 5.10 Å². The van der Waals surface area contributed by atoms with Gasteiger partial charge in [0, 0.05) is 47.4 Å². The fourth-order valence-electron chi connectivity index (χ4n) is 4.86. The van der Waals surface area contributed by atoms with E-state index in [2.05, 4.69) is 32.6 Å². The van der Waals surface area contributed by atoms with E-state index in [-0.39, 0.29) is 5.41 Å². The molecule has 46 heavy (non-hydrogen) atoms. The van der Waals surface area contributed by atoms with E-state index in [0.717, 1.165) is 39.7 Å². The lowest BCUT2D eigenvalue weighted by Crippen LogP contribution is -2.21. The third kappa shape index (κ3) is 7.65. The predicted molar refractivity (Wildman–Crippen MR) is 183 cm³/mol. The summed E-state index contributed by atoms with van der Waals surface area (Å²) in [6, 6.07) is 22.7. The first-order valence-corrected chi connectivity index (χ1v) is 15.1. The van der Waals surface area contributed by atoms with Crippen molar-refractivity contribution >= 4 is 40.1 Å². The lowest BCUT2D eigenvalue weighted by atomic mass is 9.92. The molecule has 4 N–H and O–H groups in total. The number of carbonyl (C=O) groups is 1. The number of pyridine rings is 1. The number of nitrogens with zero attached hydrogens (tertiary/aromatic N) is 4. The van der Waals surface area contributed by atoms with Crippen LogP contribution in [0.15, 0.2) is 96.3 Å². The zero-order valence-corrected chi connectivity index (χ0v) is 26.4. The van der Waals surface area contributed by atoms with Gasteiger partial charge < -0.3 is 15.8 Å². The number of aromatic nitrogens is 3. The number of urea groups is 1. The maximum Gasteiger partial charge on any atom is 0.324 e. The van der Waals surface area contributed by atoms with Crippen LogP contribution < -0.4 is 21.1 Å². The van der Waals surface area contributed by atoms with E-state index in [1.54, 1.807) is 36.8 Å². The first-order valence-electron chi connectivity index (χ1n) is 15.1. The lowest BCUT2D eigenvalue weighted by molar-refractivity contribution is 0.262. The Morgan fingerprint density at radius 2 is 1.83 bits per heavy atom. The Morgan fingerprint density at radius 1 is 1.02 bits per heavy atom. The van der Waals surface area contributed by atoms with Crippen LogP contribution in [-0.2, 0) is 12.0 Å². The quantitative estimate of drug-likeness (QED) is 0.138. The molecular weight excluding hydrogens is 581 g/mol. The average Bonchev–Trinajstić information content (AvgIpc) is 3.47. The second-order valence-electron chi connectivity index (χ2n) is 11.7. The zero-order chi connectivity index (χ0) is 32.7. The number of nitrogens with one attached hydrogen (secondary N) is 2. The molecule has 0 radical (unpaired) electrons. The molecule has 10 heteroatoms. The van der Waals surface area contributed by atoms with Gasteiger partial charge >= 0.3 is 6.03 Å². The number of anilines is 2. The monoisotopic (exact) mass is 619 g/mol. The largest absolute Gasteiger partial charge is 0.488 e. The number of halogens is 1. The fourth-order valence-corrected chi connectivity index (χ4v) is 4.86. The molecule has 236 valence electrons. The topological polar surface area (TPSA) is 119 Å². The van der Waals surface area contributed by atoms with E-state index < -0.39 is 11.8 Å². The molecule has 0 saturated carbocycles. The summed E-state index contributed by atoms with van der Waals surface area (Å²) in [4.78, 5) is 22.1. The summed E-state index contributed by atoms with van der Waals surface area (Å²) in [5.41, 5.74) is 9.88. The average molecular weight is 620 g/mol. The van der Waals surface area contributed by atoms with Gasteiger partial charge in [-0.25, -0.2) is 13.9 Å². The number of amides is 2. The van der Waals surface area contributed by atoms with Crippen molar-refractivity contribution in [3.05, 3.63) is 114 Å². The van der Waals surface area contributed by atoms with Crippen molar-refractivity contribution in [3.8, 4) is 11.4 Å². The fraction of sp³-hybridized carbons (Fsp3) is 0.222. The van der Waals surface area contributed by atoms with Crippen LogP contribution in [0.2, 0.25) is 0 Å². The number of rotatable bonds is 10. The van der Waals surface area contributed by atoms with Gasteiger partial charge in [0.05, 0.1) is 22.8 Å². The number of allylic oxidation sites excluding steroid dienone is 1. The highest BCUT2D eigenvalue weighted by molar-refractivity contribution is 6.07. The van der Waals surface area contributed by atoms with Gasteiger partial charge in [-0.05, 0) is 60.0 Å². The molecule has 0 atom stereocenters. The van der Waals surface area contributed by atoms with Gasteiger partial charge in [0.2, 0.25) is 0 Å². The standard InChI is InChI=1S/C36H38FN7O2/c1-5-25(22-39-18-16-38)31-19-24(15-17-40-31)23-46-32-14-13-30(28-11-6-7-12-29(28)32)41-35(45)42-34-21-33(36(2,3)4)43-44(34)27-10-8-9-26(37)20-27/h6-15,17-22H,5,16,23,38H2,1-4H3,(H2,41,42,45). The Labute approximate surface area is 268 Å². The van der Waals surface area contributed by atoms with Crippen molar-refractivity contribution in [2.75, 3.05) is 17.2 Å². The highest BCUT2D eigenvalue weighted by Gasteiger charge is 2.22. The molecule has 0 spiro atoms. The summed E-state index contributed by atoms with van der Waals surface area (Å²) in [5, 5.41) is 12.2. The summed E-state index contributed by atoms with van der Waals surface area (Å²) in [6.45, 7) is 8.84. The Bertz CT molecular complexity index is 1910. The first-order chi connectivity index (χ1) is 22.2. The van der Waals surface area contributed by atoms with Crippen molar-refractivity contribution in [1.29, 1.82) is 0 Å². The number of nitrogens with two attached hydrogens (primary N) is 1. The molecule has 0 aliphatic rings. The molecule has 0 bridgehead atoms. The smallest absolute Gasteiger partial charge is 0.324 e. The van der Waals surface area contributed by atoms with Crippen LogP contribution >= 0.6 is 0 Å². The molecule has 0 aliphatic heterocycles. The summed E-state index contributed by atoms with van der Waals surface area (Å²) in [5.74, 6) is 0.702. The van der Waals surface area contributed by atoms with Crippen LogP contribution in [0.1, 0.15) is 51.1 Å². The van der Waals surface area contributed by atoms with Crippen molar-refractivity contribution in [3.63, 3.8) is 0 Å². The van der Waals surface area contributed by atoms with Crippen molar-refractivity contribution in [2.45, 2.75) is 46.1 Å². The molecule has 2 aromatic heterocycles. The Balaban J connectivity index is 1.35. The molecule has 2 amide bonds. The van der Waals surface area contributed by atoms with Gasteiger partial charge in [0.25, 0.3) is 0 Å². The molecule has 5 rings (SSSR count). The molecule has 0 aliphatic carbocycles. The minimum absolute atomic E-state index is 0.288. The molecule has 3 aromatic carbocycles. The molecule has 5 aromatic rings. The minimum atomic E-state index is -0.461. The number of hydrogen-bond acceptors (Lipinski definition) is 6. The minimum Gasteiger partial charge on any atom is -0.488 e. The van der Waals surface area contributed by atoms with Crippen molar-refractivity contribution in [1.82, 2.24) is 14.8 Å². The second-order valence-corrected chi connectivity index (χ2v) is 11.7. The number of ether oxygens (including phenoxy) is 1. The van der Waals surface area contributed by atoms with Gasteiger partial charge in [-0.15, -0.1) is 0 Å². The normalized spacial score (nSPS) is 12.1. The summed E-state index contributed by atoms with van der Waals surface area (Å²) in [7, 11) is 0. The maximum atomic E-state index is 14.1. The predicted octanol–water partition coefficient (Wildman–Crippen LogP) is 7.86. The summed E-state index contributed by atoms with van der Waals surface area (Å²) < 4.78 is 21.9. The van der Waals surface area contributed by atoms with Crippen LogP contribution in [0.5, 0.6) is 5.75 Å². The Hall–Kier alpha value is -5.35. The zero-order valence-electron chi connectivity index (χ0n) is 26.4. The third-order valence-electron chi connectivity index (χ3n) is 7.27. The van der Waals surface area contributed by atoms with Gasteiger partial charge in [0.1, 0.15) is 24.0 Å². The second kappa shape index (κ2) is 14.2. The van der Waals surface area contributed by atoms with Gasteiger partial charge in [-0.3, -0.25) is 15.3 Å². The molecular formula is C36H38FN7O2. The molecule has 9 nitrogen and oxygen atoms in total. The summed E-state index contributed by atoms with van der Waals surface area (Å²) >= 11 is 0. The summed E-state index contributed by atoms with van der Waals surface area (Å²) in [6.07, 6.45) is 5.98. The van der Waals surface area contributed by atoms with Crippen molar-refractivity contribution in [2.24, 2.45) is 10.7 Å². The van der Waals surface area contributed by atoms with E-state index in [4.69, 9.17) is 10.5 Å². The van der Waals surface area contributed by atoms with E-state index in [1.807, 2.05) is 69.3 Å². The van der Waals surface area contributed by atoms with Crippen molar-refractivity contribution < 1.29 is 13.9 Å². The van der Waals surface area contributed by atoms with E-state index in [0.29, 0.717) is 36.1 Å². The first kappa shape index (κ1) is 32.1. The van der Waals surface area contributed by atoms with E-state index >= 15 is 0 Å². The molecule has 0 fully saturated rings. The SMILES string of the molecule is CCC(=CN=CCN)c1cc(COc2ccc(NC(=O)Nc3cc(C(C)(C)C)nn3-c3cccc(F)c3)c3ccccc23)ccn1. The Kier molecular flexibility index (Phi) is 9.88. The lowest BCUT2D eigenvalue weighted by Gasteiger charge is -2.15. The third-order valence-corrected chi connectivity index (χ3v) is 7.27.